The molecule has 1 aliphatic heterocycles. The first-order valence-corrected chi connectivity index (χ1v) is 5.81. The fourth-order valence-electron chi connectivity index (χ4n) is 2.14. The molecule has 1 aromatic carbocycles. The lowest BCUT2D eigenvalue weighted by molar-refractivity contribution is -0.127. The molecule has 0 aromatic heterocycles. The average molecular weight is 255 g/mol. The van der Waals surface area contributed by atoms with Crippen LogP contribution in [0.2, 0.25) is 0 Å². The second kappa shape index (κ2) is 6.62. The lowest BCUT2D eigenvalue weighted by Crippen LogP contribution is -2.28. The Hall–Kier alpha value is -1.06. The van der Waals surface area contributed by atoms with Crippen LogP contribution in [0.4, 0.5) is 0 Å². The van der Waals surface area contributed by atoms with E-state index in [1.54, 1.807) is 0 Å². The van der Waals surface area contributed by atoms with Crippen molar-refractivity contribution in [2.45, 2.75) is 12.8 Å². The average Bonchev–Trinajstić information content (AvgIpc) is 2.69. The molecule has 1 aromatic rings. The number of carbonyl (C=O) groups is 1. The minimum absolute atomic E-state index is 0. The smallest absolute Gasteiger partial charge is 0.222 e. The van der Waals surface area contributed by atoms with Crippen LogP contribution in [0.3, 0.4) is 0 Å². The van der Waals surface area contributed by atoms with Crippen LogP contribution in [0.5, 0.6) is 0 Å². The summed E-state index contributed by atoms with van der Waals surface area (Å²) < 4.78 is 0. The van der Waals surface area contributed by atoms with Crippen LogP contribution in [0.25, 0.3) is 0 Å². The minimum atomic E-state index is 0. The number of amides is 1. The predicted molar refractivity (Wildman–Crippen MR) is 71.1 cm³/mol. The number of nitrogens with zero attached hydrogens (tertiary/aromatic N) is 1. The van der Waals surface area contributed by atoms with E-state index in [-0.39, 0.29) is 18.3 Å². The second-order valence-electron chi connectivity index (χ2n) is 4.38. The van der Waals surface area contributed by atoms with Gasteiger partial charge in [0.1, 0.15) is 0 Å². The molecular formula is C13H19ClN2O. The molecule has 0 bridgehead atoms. The van der Waals surface area contributed by atoms with Crippen molar-refractivity contribution in [3.63, 3.8) is 0 Å². The van der Waals surface area contributed by atoms with Crippen LogP contribution in [0.15, 0.2) is 30.3 Å². The summed E-state index contributed by atoms with van der Waals surface area (Å²) in [6.07, 6.45) is 1.56. The topological polar surface area (TPSA) is 46.3 Å². The van der Waals surface area contributed by atoms with Crippen molar-refractivity contribution in [1.29, 1.82) is 0 Å². The van der Waals surface area contributed by atoms with Crippen LogP contribution in [-0.4, -0.2) is 30.4 Å². The standard InChI is InChI=1S/C13H18N2O.ClH/c14-9-12-8-13(16)15(10-12)7-6-11-4-2-1-3-5-11;/h1-5,12H,6-10,14H2;1H. The van der Waals surface area contributed by atoms with E-state index in [4.69, 9.17) is 5.73 Å². The molecule has 1 fully saturated rings. The van der Waals surface area contributed by atoms with E-state index in [1.165, 1.54) is 5.56 Å². The molecule has 4 heteroatoms. The molecule has 1 amide bonds. The summed E-state index contributed by atoms with van der Waals surface area (Å²) in [5.74, 6) is 0.620. The van der Waals surface area contributed by atoms with Crippen LogP contribution >= 0.6 is 12.4 Å². The van der Waals surface area contributed by atoms with Crippen molar-refractivity contribution in [3.05, 3.63) is 35.9 Å². The first-order chi connectivity index (χ1) is 7.79. The Morgan fingerprint density at radius 1 is 1.29 bits per heavy atom. The Morgan fingerprint density at radius 3 is 2.59 bits per heavy atom. The number of carbonyl (C=O) groups excluding carboxylic acids is 1. The van der Waals surface area contributed by atoms with E-state index in [0.29, 0.717) is 18.9 Å². The Kier molecular flexibility index (Phi) is 5.45. The van der Waals surface area contributed by atoms with Crippen molar-refractivity contribution in [2.75, 3.05) is 19.6 Å². The first kappa shape index (κ1) is 14.0. The Bertz CT molecular complexity index is 356. The predicted octanol–water partition coefficient (Wildman–Crippen LogP) is 1.46. The molecule has 94 valence electrons. The van der Waals surface area contributed by atoms with E-state index in [1.807, 2.05) is 23.1 Å². The number of benzene rings is 1. The molecule has 1 aliphatic rings. The molecule has 0 radical (unpaired) electrons. The van der Waals surface area contributed by atoms with Crippen LogP contribution < -0.4 is 5.73 Å². The Labute approximate surface area is 108 Å². The van der Waals surface area contributed by atoms with Gasteiger partial charge in [-0.15, -0.1) is 12.4 Å². The maximum atomic E-state index is 11.6. The number of hydrogen-bond donors (Lipinski definition) is 1. The van der Waals surface area contributed by atoms with Crippen molar-refractivity contribution in [1.82, 2.24) is 4.90 Å². The fraction of sp³-hybridized carbons (Fsp3) is 0.462. The highest BCUT2D eigenvalue weighted by Gasteiger charge is 2.27. The molecule has 17 heavy (non-hydrogen) atoms. The van der Waals surface area contributed by atoms with Gasteiger partial charge in [0.2, 0.25) is 5.91 Å². The number of hydrogen-bond acceptors (Lipinski definition) is 2. The molecule has 3 nitrogen and oxygen atoms in total. The van der Waals surface area contributed by atoms with E-state index >= 15 is 0 Å². The van der Waals surface area contributed by atoms with Gasteiger partial charge in [0.05, 0.1) is 0 Å². The highest BCUT2D eigenvalue weighted by Crippen LogP contribution is 2.16. The third kappa shape index (κ3) is 3.72. The van der Waals surface area contributed by atoms with E-state index in [9.17, 15) is 4.79 Å². The molecule has 1 unspecified atom stereocenters. The number of halogens is 1. The number of rotatable bonds is 4. The molecule has 0 saturated carbocycles. The van der Waals surface area contributed by atoms with Crippen LogP contribution in [0.1, 0.15) is 12.0 Å². The first-order valence-electron chi connectivity index (χ1n) is 5.81. The molecule has 2 rings (SSSR count). The summed E-state index contributed by atoms with van der Waals surface area (Å²) in [7, 11) is 0. The number of nitrogens with two attached hydrogens (primary N) is 1. The second-order valence-corrected chi connectivity index (χ2v) is 4.38. The third-order valence-corrected chi connectivity index (χ3v) is 3.14. The van der Waals surface area contributed by atoms with Gasteiger partial charge in [-0.3, -0.25) is 4.79 Å². The van der Waals surface area contributed by atoms with Crippen molar-refractivity contribution >= 4 is 18.3 Å². The maximum absolute atomic E-state index is 11.6. The summed E-state index contributed by atoms with van der Waals surface area (Å²) in [5, 5.41) is 0. The Morgan fingerprint density at radius 2 is 2.00 bits per heavy atom. The summed E-state index contributed by atoms with van der Waals surface area (Å²) in [6.45, 7) is 2.27. The summed E-state index contributed by atoms with van der Waals surface area (Å²) in [4.78, 5) is 13.6. The summed E-state index contributed by atoms with van der Waals surface area (Å²) >= 11 is 0. The van der Waals surface area contributed by atoms with Gasteiger partial charge >= 0.3 is 0 Å². The lowest BCUT2D eigenvalue weighted by atomic mass is 10.1. The van der Waals surface area contributed by atoms with Gasteiger partial charge in [-0.1, -0.05) is 30.3 Å². The minimum Gasteiger partial charge on any atom is -0.342 e. The van der Waals surface area contributed by atoms with Crippen molar-refractivity contribution < 1.29 is 4.79 Å². The van der Waals surface area contributed by atoms with Gasteiger partial charge in [-0.25, -0.2) is 0 Å². The van der Waals surface area contributed by atoms with Crippen molar-refractivity contribution in [3.8, 4) is 0 Å². The zero-order valence-electron chi connectivity index (χ0n) is 9.84. The van der Waals surface area contributed by atoms with E-state index in [2.05, 4.69) is 12.1 Å². The Balaban J connectivity index is 0.00000144. The van der Waals surface area contributed by atoms with E-state index in [0.717, 1.165) is 19.5 Å². The van der Waals surface area contributed by atoms with E-state index < -0.39 is 0 Å². The highest BCUT2D eigenvalue weighted by molar-refractivity contribution is 5.85. The highest BCUT2D eigenvalue weighted by atomic mass is 35.5. The molecule has 1 saturated heterocycles. The van der Waals surface area contributed by atoms with Gasteiger partial charge in [0, 0.05) is 19.5 Å². The quantitative estimate of drug-likeness (QED) is 0.884. The van der Waals surface area contributed by atoms with Gasteiger partial charge in [0.25, 0.3) is 0 Å². The van der Waals surface area contributed by atoms with Crippen LogP contribution in [-0.2, 0) is 11.2 Å². The SMILES string of the molecule is Cl.NCC1CC(=O)N(CCc2ccccc2)C1. The van der Waals surface area contributed by atoms with Crippen molar-refractivity contribution in [2.24, 2.45) is 11.7 Å². The lowest BCUT2D eigenvalue weighted by Gasteiger charge is -2.16. The molecule has 1 heterocycles. The molecule has 0 spiro atoms. The maximum Gasteiger partial charge on any atom is 0.222 e. The summed E-state index contributed by atoms with van der Waals surface area (Å²) in [5.41, 5.74) is 6.87. The van der Waals surface area contributed by atoms with Crippen LogP contribution in [0, 0.1) is 5.92 Å². The number of likely N-dealkylation sites (tertiary alicyclic amines) is 1. The van der Waals surface area contributed by atoms with Gasteiger partial charge in [-0.05, 0) is 24.4 Å². The third-order valence-electron chi connectivity index (χ3n) is 3.14. The molecule has 1 atom stereocenters. The normalized spacial score (nSPS) is 19.2. The molecular weight excluding hydrogens is 236 g/mol. The zero-order chi connectivity index (χ0) is 11.4. The van der Waals surface area contributed by atoms with Gasteiger partial charge < -0.3 is 10.6 Å². The largest absolute Gasteiger partial charge is 0.342 e. The van der Waals surface area contributed by atoms with Gasteiger partial charge in [0.15, 0.2) is 0 Å². The monoisotopic (exact) mass is 254 g/mol. The molecule has 0 aliphatic carbocycles. The zero-order valence-corrected chi connectivity index (χ0v) is 10.7. The van der Waals surface area contributed by atoms with Gasteiger partial charge in [-0.2, -0.15) is 0 Å². The fourth-order valence-corrected chi connectivity index (χ4v) is 2.14. The molecule has 2 N–H and O–H groups in total. The summed E-state index contributed by atoms with van der Waals surface area (Å²) in [6, 6.07) is 10.3.